The normalized spacial score (nSPS) is 11.6. The monoisotopic (exact) mass is 270 g/mol. The molecule has 0 aliphatic carbocycles. The Kier molecular flexibility index (Phi) is 3.22. The third-order valence-corrected chi connectivity index (χ3v) is 2.81. The van der Waals surface area contributed by atoms with Crippen LogP contribution in [0.5, 0.6) is 5.75 Å². The maximum Gasteiger partial charge on any atom is 0.419 e. The van der Waals surface area contributed by atoms with Crippen molar-refractivity contribution in [2.45, 2.75) is 13.1 Å². The molecule has 2 aromatic rings. The zero-order valence-corrected chi connectivity index (χ0v) is 9.92. The number of alkyl halides is 3. The number of aromatic hydroxyl groups is 1. The minimum Gasteiger partial charge on any atom is -0.508 e. The summed E-state index contributed by atoms with van der Waals surface area (Å²) in [7, 11) is 0. The van der Waals surface area contributed by atoms with E-state index < -0.39 is 17.6 Å². The van der Waals surface area contributed by atoms with Crippen LogP contribution in [0.25, 0.3) is 11.1 Å². The second kappa shape index (κ2) is 4.57. The largest absolute Gasteiger partial charge is 0.508 e. The average Bonchev–Trinajstić information content (AvgIpc) is 2.32. The van der Waals surface area contributed by atoms with Crippen molar-refractivity contribution in [2.75, 3.05) is 0 Å². The van der Waals surface area contributed by atoms with Crippen LogP contribution in [0, 0.1) is 12.7 Å². The molecule has 1 N–H and O–H groups in total. The molecule has 5 heteroatoms. The van der Waals surface area contributed by atoms with E-state index in [2.05, 4.69) is 0 Å². The van der Waals surface area contributed by atoms with Crippen molar-refractivity contribution >= 4 is 0 Å². The van der Waals surface area contributed by atoms with E-state index in [1.807, 2.05) is 0 Å². The van der Waals surface area contributed by atoms with Gasteiger partial charge in [0.25, 0.3) is 0 Å². The number of halogens is 4. The van der Waals surface area contributed by atoms with Crippen LogP contribution in [0.2, 0.25) is 0 Å². The smallest absolute Gasteiger partial charge is 0.419 e. The third kappa shape index (κ3) is 2.54. The van der Waals surface area contributed by atoms with Gasteiger partial charge in [0.15, 0.2) is 0 Å². The Hall–Kier alpha value is -2.04. The van der Waals surface area contributed by atoms with Gasteiger partial charge < -0.3 is 5.11 Å². The maximum atomic E-state index is 13.9. The molecule has 0 heterocycles. The number of rotatable bonds is 1. The Bertz CT molecular complexity index is 617. The fourth-order valence-electron chi connectivity index (χ4n) is 1.80. The average molecular weight is 270 g/mol. The summed E-state index contributed by atoms with van der Waals surface area (Å²) in [5.41, 5.74) is -0.679. The minimum atomic E-state index is -4.73. The van der Waals surface area contributed by atoms with Crippen molar-refractivity contribution in [1.82, 2.24) is 0 Å². The molecule has 0 aromatic heterocycles. The lowest BCUT2D eigenvalue weighted by atomic mass is 10.00. The van der Waals surface area contributed by atoms with Gasteiger partial charge in [0.1, 0.15) is 11.6 Å². The van der Waals surface area contributed by atoms with Crippen molar-refractivity contribution in [3.05, 3.63) is 53.3 Å². The molecule has 0 radical (unpaired) electrons. The van der Waals surface area contributed by atoms with Gasteiger partial charge in [-0.3, -0.25) is 0 Å². The van der Waals surface area contributed by atoms with Crippen LogP contribution in [-0.4, -0.2) is 5.11 Å². The Labute approximate surface area is 107 Å². The zero-order valence-electron chi connectivity index (χ0n) is 9.92. The molecule has 1 nitrogen and oxygen atoms in total. The predicted octanol–water partition coefficient (Wildman–Crippen LogP) is 4.53. The van der Waals surface area contributed by atoms with Gasteiger partial charge in [-0.1, -0.05) is 18.2 Å². The highest BCUT2D eigenvalue weighted by Crippen LogP contribution is 2.36. The first-order valence-corrected chi connectivity index (χ1v) is 5.46. The number of aryl methyl sites for hydroxylation is 1. The molecule has 0 spiro atoms. The van der Waals surface area contributed by atoms with E-state index in [1.165, 1.54) is 24.3 Å². The highest BCUT2D eigenvalue weighted by atomic mass is 19.4. The number of hydrogen-bond donors (Lipinski definition) is 1. The van der Waals surface area contributed by atoms with Gasteiger partial charge in [-0.05, 0) is 36.2 Å². The lowest BCUT2D eigenvalue weighted by molar-refractivity contribution is -0.139. The van der Waals surface area contributed by atoms with E-state index in [1.54, 1.807) is 6.92 Å². The van der Waals surface area contributed by atoms with Crippen LogP contribution in [0.4, 0.5) is 17.6 Å². The van der Waals surface area contributed by atoms with E-state index in [-0.39, 0.29) is 11.3 Å². The van der Waals surface area contributed by atoms with E-state index in [0.717, 1.165) is 6.07 Å². The minimum absolute atomic E-state index is 0.0103. The van der Waals surface area contributed by atoms with E-state index in [0.29, 0.717) is 17.2 Å². The molecule has 100 valence electrons. The number of phenolic OH excluding ortho intramolecular Hbond substituents is 1. The molecular formula is C14H10F4O. The topological polar surface area (TPSA) is 20.2 Å². The molecule has 0 saturated carbocycles. The highest BCUT2D eigenvalue weighted by molar-refractivity contribution is 5.67. The Morgan fingerprint density at radius 1 is 1.05 bits per heavy atom. The van der Waals surface area contributed by atoms with Gasteiger partial charge in [-0.2, -0.15) is 13.2 Å². The molecule has 0 aliphatic rings. The molecule has 0 aliphatic heterocycles. The molecule has 0 amide bonds. The van der Waals surface area contributed by atoms with Crippen molar-refractivity contribution < 1.29 is 22.7 Å². The standard InChI is InChI=1S/C14H10F4O/c1-8-7-9(5-6-12(8)19)10-3-2-4-11(13(10)15)14(16,17)18/h2-7,19H,1H3. The van der Waals surface area contributed by atoms with E-state index in [4.69, 9.17) is 0 Å². The summed E-state index contributed by atoms with van der Waals surface area (Å²) in [4.78, 5) is 0. The summed E-state index contributed by atoms with van der Waals surface area (Å²) in [6.07, 6.45) is -4.73. The van der Waals surface area contributed by atoms with Crippen molar-refractivity contribution in [3.63, 3.8) is 0 Å². The molecular weight excluding hydrogens is 260 g/mol. The molecule has 19 heavy (non-hydrogen) atoms. The number of phenols is 1. The molecule has 2 rings (SSSR count). The molecule has 0 saturated heterocycles. The summed E-state index contributed by atoms with van der Waals surface area (Å²) in [5, 5.41) is 9.37. The van der Waals surface area contributed by atoms with Crippen LogP contribution >= 0.6 is 0 Å². The van der Waals surface area contributed by atoms with Crippen LogP contribution in [0.3, 0.4) is 0 Å². The van der Waals surface area contributed by atoms with Gasteiger partial charge in [0, 0.05) is 5.56 Å². The number of hydrogen-bond acceptors (Lipinski definition) is 1. The second-order valence-electron chi connectivity index (χ2n) is 4.17. The fourth-order valence-corrected chi connectivity index (χ4v) is 1.80. The lowest BCUT2D eigenvalue weighted by Gasteiger charge is -2.12. The number of benzene rings is 2. The highest BCUT2D eigenvalue weighted by Gasteiger charge is 2.34. The van der Waals surface area contributed by atoms with Crippen molar-refractivity contribution in [1.29, 1.82) is 0 Å². The summed E-state index contributed by atoms with van der Waals surface area (Å²) in [6.45, 7) is 1.59. The van der Waals surface area contributed by atoms with Crippen molar-refractivity contribution in [2.24, 2.45) is 0 Å². The summed E-state index contributed by atoms with van der Waals surface area (Å²) < 4.78 is 51.7. The van der Waals surface area contributed by atoms with E-state index in [9.17, 15) is 22.7 Å². The first-order valence-electron chi connectivity index (χ1n) is 5.46. The molecule has 0 fully saturated rings. The van der Waals surface area contributed by atoms with E-state index >= 15 is 0 Å². The third-order valence-electron chi connectivity index (χ3n) is 2.81. The fraction of sp³-hybridized carbons (Fsp3) is 0.143. The maximum absolute atomic E-state index is 13.9. The Balaban J connectivity index is 2.60. The van der Waals surface area contributed by atoms with Crippen LogP contribution < -0.4 is 0 Å². The zero-order chi connectivity index (χ0) is 14.2. The summed E-state index contributed by atoms with van der Waals surface area (Å²) in [5.74, 6) is -1.30. The van der Waals surface area contributed by atoms with Crippen LogP contribution in [0.1, 0.15) is 11.1 Å². The van der Waals surface area contributed by atoms with Crippen LogP contribution in [-0.2, 0) is 6.18 Å². The lowest BCUT2D eigenvalue weighted by Crippen LogP contribution is -2.08. The molecule has 0 atom stereocenters. The van der Waals surface area contributed by atoms with Gasteiger partial charge in [0.05, 0.1) is 5.56 Å². The Morgan fingerprint density at radius 2 is 1.74 bits per heavy atom. The quantitative estimate of drug-likeness (QED) is 0.755. The summed E-state index contributed by atoms with van der Waals surface area (Å²) in [6, 6.07) is 7.27. The van der Waals surface area contributed by atoms with Gasteiger partial charge in [-0.15, -0.1) is 0 Å². The first kappa shape index (κ1) is 13.4. The van der Waals surface area contributed by atoms with Gasteiger partial charge in [-0.25, -0.2) is 4.39 Å². The Morgan fingerprint density at radius 3 is 2.32 bits per heavy atom. The predicted molar refractivity (Wildman–Crippen MR) is 63.2 cm³/mol. The summed E-state index contributed by atoms with van der Waals surface area (Å²) >= 11 is 0. The van der Waals surface area contributed by atoms with Gasteiger partial charge in [0.2, 0.25) is 0 Å². The first-order chi connectivity index (χ1) is 8.80. The van der Waals surface area contributed by atoms with Crippen LogP contribution in [0.15, 0.2) is 36.4 Å². The SMILES string of the molecule is Cc1cc(-c2cccc(C(F)(F)F)c2F)ccc1O. The molecule has 0 unspecified atom stereocenters. The molecule has 2 aromatic carbocycles. The van der Waals surface area contributed by atoms with Crippen molar-refractivity contribution in [3.8, 4) is 16.9 Å². The molecule has 0 bridgehead atoms. The van der Waals surface area contributed by atoms with Gasteiger partial charge >= 0.3 is 6.18 Å². The second-order valence-corrected chi connectivity index (χ2v) is 4.17.